The molecule has 1 saturated carbocycles. The zero-order valence-corrected chi connectivity index (χ0v) is 8.73. The van der Waals surface area contributed by atoms with Crippen LogP contribution in [0.4, 0.5) is 0 Å². The third-order valence-electron chi connectivity index (χ3n) is 3.19. The second-order valence-electron chi connectivity index (χ2n) is 4.19. The molecule has 2 aromatic rings. The number of hydrogen-bond acceptors (Lipinski definition) is 3. The lowest BCUT2D eigenvalue weighted by atomic mass is 9.83. The average Bonchev–Trinajstić information content (AvgIpc) is 2.57. The molecule has 0 radical (unpaired) electrons. The summed E-state index contributed by atoms with van der Waals surface area (Å²) >= 11 is 0. The van der Waals surface area contributed by atoms with Gasteiger partial charge in [-0.15, -0.1) is 0 Å². The van der Waals surface area contributed by atoms with Crippen molar-refractivity contribution in [3.05, 3.63) is 23.7 Å². The van der Waals surface area contributed by atoms with Gasteiger partial charge in [0.2, 0.25) is 0 Å². The summed E-state index contributed by atoms with van der Waals surface area (Å²) < 4.78 is 0. The average molecular weight is 216 g/mol. The summed E-state index contributed by atoms with van der Waals surface area (Å²) in [6, 6.07) is 0. The summed E-state index contributed by atoms with van der Waals surface area (Å²) in [4.78, 5) is 22.8. The Labute approximate surface area is 92.1 Å². The maximum Gasteiger partial charge on any atom is 0.252 e. The minimum absolute atomic E-state index is 0.420. The van der Waals surface area contributed by atoms with Crippen LogP contribution in [0.1, 0.15) is 41.2 Å². The van der Waals surface area contributed by atoms with Crippen LogP contribution in [0.3, 0.4) is 0 Å². The van der Waals surface area contributed by atoms with Crippen LogP contribution < -0.4 is 5.73 Å². The Morgan fingerprint density at radius 3 is 2.94 bits per heavy atom. The summed E-state index contributed by atoms with van der Waals surface area (Å²) in [7, 11) is 0. The van der Waals surface area contributed by atoms with E-state index in [4.69, 9.17) is 5.73 Å². The molecule has 3 N–H and O–H groups in total. The Bertz CT molecular complexity index is 556. The minimum atomic E-state index is -0.466. The van der Waals surface area contributed by atoms with Crippen molar-refractivity contribution in [3.63, 3.8) is 0 Å². The fourth-order valence-corrected chi connectivity index (χ4v) is 1.99. The number of primary amides is 1. The predicted octanol–water partition coefficient (Wildman–Crippen LogP) is 1.32. The van der Waals surface area contributed by atoms with Crippen LogP contribution in [-0.4, -0.2) is 20.9 Å². The molecule has 1 fully saturated rings. The van der Waals surface area contributed by atoms with Crippen molar-refractivity contribution in [2.24, 2.45) is 5.73 Å². The Balaban J connectivity index is 2.13. The second-order valence-corrected chi connectivity index (χ2v) is 4.19. The van der Waals surface area contributed by atoms with E-state index in [0.29, 0.717) is 22.6 Å². The zero-order chi connectivity index (χ0) is 11.1. The SMILES string of the molecule is NC(=O)c1c[nH]c2ncc(C3CCC3)nc12. The summed E-state index contributed by atoms with van der Waals surface area (Å²) in [6.45, 7) is 0. The number of hydrogen-bond donors (Lipinski definition) is 2. The van der Waals surface area contributed by atoms with Gasteiger partial charge in [-0.1, -0.05) is 6.42 Å². The highest BCUT2D eigenvalue weighted by molar-refractivity contribution is 6.03. The van der Waals surface area contributed by atoms with E-state index in [2.05, 4.69) is 15.0 Å². The van der Waals surface area contributed by atoms with Gasteiger partial charge in [-0.25, -0.2) is 9.97 Å². The number of carbonyl (C=O) groups excluding carboxylic acids is 1. The molecule has 5 nitrogen and oxygen atoms in total. The number of H-pyrrole nitrogens is 1. The summed E-state index contributed by atoms with van der Waals surface area (Å²) in [6.07, 6.45) is 6.93. The van der Waals surface area contributed by atoms with Crippen molar-refractivity contribution in [2.45, 2.75) is 25.2 Å². The van der Waals surface area contributed by atoms with Crippen molar-refractivity contribution in [3.8, 4) is 0 Å². The number of aromatic amines is 1. The van der Waals surface area contributed by atoms with E-state index in [-0.39, 0.29) is 0 Å². The van der Waals surface area contributed by atoms with Crippen LogP contribution in [0.25, 0.3) is 11.2 Å². The molecule has 0 saturated heterocycles. The van der Waals surface area contributed by atoms with E-state index in [1.54, 1.807) is 12.4 Å². The fourth-order valence-electron chi connectivity index (χ4n) is 1.99. The lowest BCUT2D eigenvalue weighted by molar-refractivity contribution is 0.100. The number of fused-ring (bicyclic) bond motifs is 1. The lowest BCUT2D eigenvalue weighted by Gasteiger charge is -2.24. The van der Waals surface area contributed by atoms with Crippen molar-refractivity contribution >= 4 is 17.1 Å². The van der Waals surface area contributed by atoms with Gasteiger partial charge in [-0.05, 0) is 12.8 Å². The molecule has 5 heteroatoms. The van der Waals surface area contributed by atoms with Crippen molar-refractivity contribution in [1.82, 2.24) is 15.0 Å². The molecule has 1 aliphatic rings. The van der Waals surface area contributed by atoms with Crippen molar-refractivity contribution in [1.29, 1.82) is 0 Å². The third-order valence-corrected chi connectivity index (χ3v) is 3.19. The summed E-state index contributed by atoms with van der Waals surface area (Å²) in [5, 5.41) is 0. The van der Waals surface area contributed by atoms with E-state index in [0.717, 1.165) is 18.5 Å². The molecule has 1 amide bonds. The standard InChI is InChI=1S/C11H12N4O/c12-10(16)7-4-13-11-9(7)15-8(5-14-11)6-2-1-3-6/h4-6H,1-3H2,(H2,12,16)(H,13,14). The van der Waals surface area contributed by atoms with E-state index in [1.165, 1.54) is 6.42 Å². The highest BCUT2D eigenvalue weighted by Crippen LogP contribution is 2.35. The molecule has 0 spiro atoms. The zero-order valence-electron chi connectivity index (χ0n) is 8.73. The minimum Gasteiger partial charge on any atom is -0.365 e. The highest BCUT2D eigenvalue weighted by atomic mass is 16.1. The quantitative estimate of drug-likeness (QED) is 0.794. The number of nitrogens with zero attached hydrogens (tertiary/aromatic N) is 2. The number of amides is 1. The molecule has 2 aromatic heterocycles. The van der Waals surface area contributed by atoms with Gasteiger partial charge in [-0.3, -0.25) is 4.79 Å². The third kappa shape index (κ3) is 1.28. The Hall–Kier alpha value is -1.91. The molecule has 1 aliphatic carbocycles. The largest absolute Gasteiger partial charge is 0.365 e. The van der Waals surface area contributed by atoms with Gasteiger partial charge in [0.15, 0.2) is 5.65 Å². The molecular formula is C11H12N4O. The van der Waals surface area contributed by atoms with Crippen molar-refractivity contribution in [2.75, 3.05) is 0 Å². The normalized spacial score (nSPS) is 16.2. The Morgan fingerprint density at radius 2 is 2.31 bits per heavy atom. The molecule has 0 aromatic carbocycles. The molecule has 2 heterocycles. The topological polar surface area (TPSA) is 84.7 Å². The smallest absolute Gasteiger partial charge is 0.252 e. The first-order valence-corrected chi connectivity index (χ1v) is 5.39. The van der Waals surface area contributed by atoms with Gasteiger partial charge in [0.05, 0.1) is 17.5 Å². The van der Waals surface area contributed by atoms with Gasteiger partial charge >= 0.3 is 0 Å². The number of nitrogens with two attached hydrogens (primary N) is 1. The fraction of sp³-hybridized carbons (Fsp3) is 0.364. The number of nitrogens with one attached hydrogen (secondary N) is 1. The molecule has 0 bridgehead atoms. The van der Waals surface area contributed by atoms with E-state index in [1.807, 2.05) is 0 Å². The molecule has 0 aliphatic heterocycles. The van der Waals surface area contributed by atoms with E-state index >= 15 is 0 Å². The van der Waals surface area contributed by atoms with E-state index < -0.39 is 5.91 Å². The van der Waals surface area contributed by atoms with Crippen LogP contribution in [0, 0.1) is 0 Å². The molecule has 0 atom stereocenters. The maximum atomic E-state index is 11.2. The monoisotopic (exact) mass is 216 g/mol. The Kier molecular flexibility index (Phi) is 1.92. The van der Waals surface area contributed by atoms with Crippen LogP contribution in [-0.2, 0) is 0 Å². The van der Waals surface area contributed by atoms with Crippen molar-refractivity contribution < 1.29 is 4.79 Å². The van der Waals surface area contributed by atoms with E-state index in [9.17, 15) is 4.79 Å². The first-order chi connectivity index (χ1) is 7.75. The predicted molar refractivity (Wildman–Crippen MR) is 59.0 cm³/mol. The molecule has 3 rings (SSSR count). The van der Waals surface area contributed by atoms with Crippen LogP contribution in [0.15, 0.2) is 12.4 Å². The lowest BCUT2D eigenvalue weighted by Crippen LogP contribution is -2.13. The number of aromatic nitrogens is 3. The summed E-state index contributed by atoms with van der Waals surface area (Å²) in [5.41, 5.74) is 7.88. The number of carbonyl (C=O) groups is 1. The highest BCUT2D eigenvalue weighted by Gasteiger charge is 2.22. The molecule has 16 heavy (non-hydrogen) atoms. The van der Waals surface area contributed by atoms with Gasteiger partial charge in [-0.2, -0.15) is 0 Å². The maximum absolute atomic E-state index is 11.2. The Morgan fingerprint density at radius 1 is 1.50 bits per heavy atom. The van der Waals surface area contributed by atoms with Gasteiger partial charge in [0.1, 0.15) is 5.52 Å². The first kappa shape index (κ1) is 9.33. The van der Waals surface area contributed by atoms with Crippen LogP contribution in [0.5, 0.6) is 0 Å². The summed E-state index contributed by atoms with van der Waals surface area (Å²) in [5.74, 6) is 0.0406. The van der Waals surface area contributed by atoms with Crippen LogP contribution in [0.2, 0.25) is 0 Å². The van der Waals surface area contributed by atoms with Gasteiger partial charge < -0.3 is 10.7 Å². The first-order valence-electron chi connectivity index (χ1n) is 5.39. The molecule has 82 valence electrons. The molecular weight excluding hydrogens is 204 g/mol. The van der Waals surface area contributed by atoms with Gasteiger partial charge in [0.25, 0.3) is 5.91 Å². The van der Waals surface area contributed by atoms with Gasteiger partial charge in [0, 0.05) is 12.1 Å². The number of rotatable bonds is 2. The second kappa shape index (κ2) is 3.30. The van der Waals surface area contributed by atoms with Crippen LogP contribution >= 0.6 is 0 Å². The molecule has 0 unspecified atom stereocenters.